The standard InChI is InChI=1S/C15H21ClN4O2/c1-3-12(10(2)22-14-6-4-5-7-21-14)20-15-11(8-18-20)17-9-13(16)19-15/h8-10,12,14H,3-7H2,1-2H3. The lowest BCUT2D eigenvalue weighted by molar-refractivity contribution is -0.193. The molecule has 0 amide bonds. The maximum Gasteiger partial charge on any atom is 0.178 e. The van der Waals surface area contributed by atoms with Gasteiger partial charge in [0.15, 0.2) is 11.9 Å². The van der Waals surface area contributed by atoms with E-state index in [4.69, 9.17) is 21.1 Å². The van der Waals surface area contributed by atoms with Gasteiger partial charge in [-0.2, -0.15) is 5.10 Å². The SMILES string of the molecule is CCC(C(C)OC1CCCCO1)n1ncc2ncc(Cl)nc21. The minimum Gasteiger partial charge on any atom is -0.353 e. The Bertz CT molecular complexity index is 627. The maximum absolute atomic E-state index is 6.08. The summed E-state index contributed by atoms with van der Waals surface area (Å²) in [5, 5.41) is 4.80. The van der Waals surface area contributed by atoms with E-state index >= 15 is 0 Å². The smallest absolute Gasteiger partial charge is 0.178 e. The summed E-state index contributed by atoms with van der Waals surface area (Å²) in [6.07, 6.45) is 7.19. The first-order valence-corrected chi connectivity index (χ1v) is 8.19. The molecule has 0 saturated carbocycles. The number of hydrogen-bond acceptors (Lipinski definition) is 5. The third-order valence-electron chi connectivity index (χ3n) is 4.05. The molecule has 2 aromatic rings. The first-order valence-electron chi connectivity index (χ1n) is 7.82. The quantitative estimate of drug-likeness (QED) is 0.844. The third kappa shape index (κ3) is 3.24. The van der Waals surface area contributed by atoms with Crippen LogP contribution in [0.3, 0.4) is 0 Å². The molecule has 7 heteroatoms. The molecular formula is C15H21ClN4O2. The lowest BCUT2D eigenvalue weighted by Crippen LogP contribution is -2.32. The largest absolute Gasteiger partial charge is 0.353 e. The molecule has 3 rings (SSSR count). The minimum atomic E-state index is -0.116. The molecule has 3 unspecified atom stereocenters. The van der Waals surface area contributed by atoms with Gasteiger partial charge in [-0.25, -0.2) is 14.6 Å². The lowest BCUT2D eigenvalue weighted by Gasteiger charge is -2.30. The number of ether oxygens (including phenoxy) is 2. The normalized spacial score (nSPS) is 21.9. The van der Waals surface area contributed by atoms with Crippen molar-refractivity contribution in [3.8, 4) is 0 Å². The Balaban J connectivity index is 1.80. The van der Waals surface area contributed by atoms with Gasteiger partial charge in [-0.15, -0.1) is 0 Å². The van der Waals surface area contributed by atoms with E-state index < -0.39 is 0 Å². The molecule has 0 aromatic carbocycles. The van der Waals surface area contributed by atoms with E-state index in [1.807, 2.05) is 4.68 Å². The van der Waals surface area contributed by atoms with Gasteiger partial charge in [0.1, 0.15) is 10.7 Å². The molecule has 3 atom stereocenters. The van der Waals surface area contributed by atoms with Gasteiger partial charge in [0, 0.05) is 6.61 Å². The molecule has 1 saturated heterocycles. The fraction of sp³-hybridized carbons (Fsp3) is 0.667. The van der Waals surface area contributed by atoms with E-state index in [1.54, 1.807) is 6.20 Å². The van der Waals surface area contributed by atoms with Gasteiger partial charge in [0.2, 0.25) is 0 Å². The summed E-state index contributed by atoms with van der Waals surface area (Å²) in [6, 6.07) is 0.0655. The summed E-state index contributed by atoms with van der Waals surface area (Å²) in [7, 11) is 0. The molecule has 0 spiro atoms. The zero-order valence-corrected chi connectivity index (χ0v) is 13.7. The van der Waals surface area contributed by atoms with Crippen LogP contribution in [0.25, 0.3) is 11.2 Å². The summed E-state index contributed by atoms with van der Waals surface area (Å²) in [4.78, 5) is 8.60. The highest BCUT2D eigenvalue weighted by Crippen LogP contribution is 2.25. The Kier molecular flexibility index (Phi) is 4.90. The Labute approximate surface area is 134 Å². The molecule has 0 aliphatic carbocycles. The molecule has 3 heterocycles. The minimum absolute atomic E-state index is 0.0306. The summed E-state index contributed by atoms with van der Waals surface area (Å²) in [6.45, 7) is 4.94. The second-order valence-corrected chi connectivity index (χ2v) is 5.99. The average Bonchev–Trinajstić information content (AvgIpc) is 2.92. The van der Waals surface area contributed by atoms with Crippen molar-refractivity contribution in [2.45, 2.75) is 58.0 Å². The fourth-order valence-electron chi connectivity index (χ4n) is 2.89. The zero-order chi connectivity index (χ0) is 15.5. The Morgan fingerprint density at radius 2 is 2.32 bits per heavy atom. The average molecular weight is 325 g/mol. The third-order valence-corrected chi connectivity index (χ3v) is 4.23. The van der Waals surface area contributed by atoms with Crippen LogP contribution in [0.2, 0.25) is 5.15 Å². The van der Waals surface area contributed by atoms with Gasteiger partial charge in [-0.1, -0.05) is 18.5 Å². The molecule has 1 aliphatic heterocycles. The van der Waals surface area contributed by atoms with Crippen molar-refractivity contribution in [2.75, 3.05) is 6.61 Å². The molecule has 2 aromatic heterocycles. The molecule has 0 N–H and O–H groups in total. The number of nitrogens with zero attached hydrogens (tertiary/aromatic N) is 4. The number of rotatable bonds is 5. The Hall–Kier alpha value is -1.24. The second-order valence-electron chi connectivity index (χ2n) is 5.60. The molecular weight excluding hydrogens is 304 g/mol. The van der Waals surface area contributed by atoms with Gasteiger partial charge in [0.05, 0.1) is 24.5 Å². The monoisotopic (exact) mass is 324 g/mol. The van der Waals surface area contributed by atoms with E-state index in [1.165, 1.54) is 6.20 Å². The van der Waals surface area contributed by atoms with Crippen LogP contribution < -0.4 is 0 Å². The number of halogens is 1. The number of fused-ring (bicyclic) bond motifs is 1. The molecule has 1 fully saturated rings. The molecule has 0 radical (unpaired) electrons. The molecule has 6 nitrogen and oxygen atoms in total. The highest BCUT2D eigenvalue weighted by atomic mass is 35.5. The van der Waals surface area contributed by atoms with Crippen LogP contribution in [0.1, 0.15) is 45.6 Å². The number of hydrogen-bond donors (Lipinski definition) is 0. The first-order chi connectivity index (χ1) is 10.7. The van der Waals surface area contributed by atoms with Crippen LogP contribution in [-0.4, -0.2) is 38.7 Å². The van der Waals surface area contributed by atoms with Gasteiger partial charge in [0.25, 0.3) is 0 Å². The van der Waals surface area contributed by atoms with Crippen LogP contribution in [-0.2, 0) is 9.47 Å². The predicted octanol–water partition coefficient (Wildman–Crippen LogP) is 3.36. The lowest BCUT2D eigenvalue weighted by atomic mass is 10.1. The highest BCUT2D eigenvalue weighted by molar-refractivity contribution is 6.29. The zero-order valence-electron chi connectivity index (χ0n) is 12.9. The van der Waals surface area contributed by atoms with E-state index in [-0.39, 0.29) is 18.4 Å². The van der Waals surface area contributed by atoms with Crippen LogP contribution in [0.4, 0.5) is 0 Å². The summed E-state index contributed by atoms with van der Waals surface area (Å²) >= 11 is 5.96. The van der Waals surface area contributed by atoms with E-state index in [2.05, 4.69) is 28.9 Å². The Morgan fingerprint density at radius 1 is 1.45 bits per heavy atom. The summed E-state index contributed by atoms with van der Waals surface area (Å²) in [5.41, 5.74) is 1.43. The Morgan fingerprint density at radius 3 is 3.05 bits per heavy atom. The summed E-state index contributed by atoms with van der Waals surface area (Å²) < 4.78 is 13.6. The molecule has 1 aliphatic rings. The van der Waals surface area contributed by atoms with Gasteiger partial charge in [-0.3, -0.25) is 0 Å². The summed E-state index contributed by atoms with van der Waals surface area (Å²) in [5.74, 6) is 0. The van der Waals surface area contributed by atoms with Crippen LogP contribution in [0.5, 0.6) is 0 Å². The molecule has 120 valence electrons. The van der Waals surface area contributed by atoms with Crippen molar-refractivity contribution in [2.24, 2.45) is 0 Å². The van der Waals surface area contributed by atoms with Crippen molar-refractivity contribution in [1.29, 1.82) is 0 Å². The second kappa shape index (κ2) is 6.89. The van der Waals surface area contributed by atoms with Crippen LogP contribution in [0, 0.1) is 0 Å². The van der Waals surface area contributed by atoms with Crippen LogP contribution >= 0.6 is 11.6 Å². The van der Waals surface area contributed by atoms with Crippen molar-refractivity contribution in [1.82, 2.24) is 19.7 Å². The first kappa shape index (κ1) is 15.6. The van der Waals surface area contributed by atoms with Gasteiger partial charge < -0.3 is 9.47 Å². The van der Waals surface area contributed by atoms with E-state index in [9.17, 15) is 0 Å². The van der Waals surface area contributed by atoms with Crippen molar-refractivity contribution >= 4 is 22.8 Å². The van der Waals surface area contributed by atoms with E-state index in [0.29, 0.717) is 10.8 Å². The molecule has 22 heavy (non-hydrogen) atoms. The maximum atomic E-state index is 6.08. The van der Waals surface area contributed by atoms with Crippen LogP contribution in [0.15, 0.2) is 12.4 Å². The van der Waals surface area contributed by atoms with Crippen molar-refractivity contribution < 1.29 is 9.47 Å². The predicted molar refractivity (Wildman–Crippen MR) is 83.8 cm³/mol. The number of aromatic nitrogens is 4. The molecule has 0 bridgehead atoms. The highest BCUT2D eigenvalue weighted by Gasteiger charge is 2.26. The van der Waals surface area contributed by atoms with E-state index in [0.717, 1.165) is 37.8 Å². The van der Waals surface area contributed by atoms with Crippen molar-refractivity contribution in [3.63, 3.8) is 0 Å². The van der Waals surface area contributed by atoms with Gasteiger partial charge >= 0.3 is 0 Å². The van der Waals surface area contributed by atoms with Gasteiger partial charge in [-0.05, 0) is 32.6 Å². The topological polar surface area (TPSA) is 62.1 Å². The van der Waals surface area contributed by atoms with Crippen molar-refractivity contribution in [3.05, 3.63) is 17.5 Å². The fourth-order valence-corrected chi connectivity index (χ4v) is 3.02.